The molecular weight excluding hydrogens is 450 g/mol. The lowest BCUT2D eigenvalue weighted by atomic mass is 10.1. The molecule has 0 saturated carbocycles. The van der Waals surface area contributed by atoms with Crippen LogP contribution in [0.3, 0.4) is 0 Å². The number of esters is 1. The number of fused-ring (bicyclic) bond motifs is 2. The molecule has 0 spiro atoms. The van der Waals surface area contributed by atoms with Crippen molar-refractivity contribution < 1.29 is 23.9 Å². The van der Waals surface area contributed by atoms with Gasteiger partial charge in [-0.2, -0.15) is 0 Å². The number of aromatic nitrogens is 2. The molecule has 0 saturated heterocycles. The molecule has 0 unspecified atom stereocenters. The molecule has 1 aliphatic heterocycles. The molecule has 2 aromatic heterocycles. The van der Waals surface area contributed by atoms with Gasteiger partial charge in [-0.25, -0.2) is 14.7 Å². The van der Waals surface area contributed by atoms with E-state index in [-0.39, 0.29) is 28.9 Å². The van der Waals surface area contributed by atoms with Gasteiger partial charge >= 0.3 is 5.97 Å². The van der Waals surface area contributed by atoms with E-state index < -0.39 is 17.8 Å². The van der Waals surface area contributed by atoms with Crippen molar-refractivity contribution in [2.75, 3.05) is 11.5 Å². The van der Waals surface area contributed by atoms with Gasteiger partial charge in [0, 0.05) is 12.3 Å². The molecular formula is C26H19N3O6. The van der Waals surface area contributed by atoms with Crippen LogP contribution in [0.15, 0.2) is 77.7 Å². The van der Waals surface area contributed by atoms with E-state index in [4.69, 9.17) is 9.47 Å². The molecule has 0 radical (unpaired) electrons. The second-order valence-electron chi connectivity index (χ2n) is 7.72. The quantitative estimate of drug-likeness (QED) is 0.315. The first kappa shape index (κ1) is 22.0. The average molecular weight is 469 g/mol. The van der Waals surface area contributed by atoms with Crippen LogP contribution in [0.4, 0.5) is 5.69 Å². The molecule has 2 amide bonds. The van der Waals surface area contributed by atoms with Crippen molar-refractivity contribution >= 4 is 29.1 Å². The highest BCUT2D eigenvalue weighted by Gasteiger charge is 2.37. The third-order valence-corrected chi connectivity index (χ3v) is 5.50. The number of anilines is 1. The zero-order valence-electron chi connectivity index (χ0n) is 18.6. The lowest BCUT2D eigenvalue weighted by Crippen LogP contribution is -2.29. The third-order valence-electron chi connectivity index (χ3n) is 5.50. The molecule has 0 N–H and O–H groups in total. The van der Waals surface area contributed by atoms with E-state index in [2.05, 4.69) is 4.98 Å². The molecule has 5 rings (SSSR count). The second kappa shape index (κ2) is 8.86. The summed E-state index contributed by atoms with van der Waals surface area (Å²) >= 11 is 0. The van der Waals surface area contributed by atoms with Crippen molar-refractivity contribution in [2.24, 2.45) is 0 Å². The Morgan fingerprint density at radius 3 is 2.46 bits per heavy atom. The van der Waals surface area contributed by atoms with Gasteiger partial charge in [-0.15, -0.1) is 0 Å². The summed E-state index contributed by atoms with van der Waals surface area (Å²) in [4.78, 5) is 56.1. The number of ether oxygens (including phenoxy) is 2. The Morgan fingerprint density at radius 2 is 1.69 bits per heavy atom. The first-order valence-corrected chi connectivity index (χ1v) is 10.9. The number of imide groups is 1. The van der Waals surface area contributed by atoms with Gasteiger partial charge in [-0.05, 0) is 61.5 Å². The molecule has 0 atom stereocenters. The zero-order chi connectivity index (χ0) is 24.5. The van der Waals surface area contributed by atoms with Crippen molar-refractivity contribution in [3.05, 3.63) is 106 Å². The fraction of sp³-hybridized carbons (Fsp3) is 0.115. The number of rotatable bonds is 6. The third kappa shape index (κ3) is 4.04. The summed E-state index contributed by atoms with van der Waals surface area (Å²) in [7, 11) is 0. The normalized spacial score (nSPS) is 12.7. The Hall–Kier alpha value is -4.79. The van der Waals surface area contributed by atoms with E-state index in [0.29, 0.717) is 29.4 Å². The van der Waals surface area contributed by atoms with E-state index in [1.54, 1.807) is 48.7 Å². The Labute approximate surface area is 199 Å². The fourth-order valence-corrected chi connectivity index (χ4v) is 3.86. The SMILES string of the molecule is CCOc1ccc(N2C(=O)c3ccc(C(=O)OCc4cc(=O)n5ccccc5n4)cc3C2=O)cc1. The first-order valence-electron chi connectivity index (χ1n) is 10.9. The van der Waals surface area contributed by atoms with Gasteiger partial charge in [-0.3, -0.25) is 18.8 Å². The summed E-state index contributed by atoms with van der Waals surface area (Å²) in [5, 5.41) is 0. The highest BCUT2D eigenvalue weighted by molar-refractivity contribution is 6.34. The fourth-order valence-electron chi connectivity index (χ4n) is 3.86. The maximum Gasteiger partial charge on any atom is 0.338 e. The van der Waals surface area contributed by atoms with Crippen molar-refractivity contribution in [1.29, 1.82) is 0 Å². The van der Waals surface area contributed by atoms with Gasteiger partial charge in [-0.1, -0.05) is 6.07 Å². The number of hydrogen-bond donors (Lipinski definition) is 0. The van der Waals surface area contributed by atoms with Gasteiger partial charge in [0.05, 0.1) is 34.7 Å². The van der Waals surface area contributed by atoms with Crippen LogP contribution >= 0.6 is 0 Å². The topological polar surface area (TPSA) is 107 Å². The molecule has 174 valence electrons. The van der Waals surface area contributed by atoms with Crippen LogP contribution in [0.5, 0.6) is 5.75 Å². The number of carbonyl (C=O) groups is 3. The average Bonchev–Trinajstić information content (AvgIpc) is 3.12. The Bertz CT molecular complexity index is 1540. The second-order valence-corrected chi connectivity index (χ2v) is 7.72. The van der Waals surface area contributed by atoms with Gasteiger partial charge in [0.25, 0.3) is 17.4 Å². The smallest absolute Gasteiger partial charge is 0.338 e. The van der Waals surface area contributed by atoms with E-state index in [9.17, 15) is 19.2 Å². The molecule has 0 fully saturated rings. The van der Waals surface area contributed by atoms with Crippen molar-refractivity contribution in [1.82, 2.24) is 9.38 Å². The number of nitrogens with zero attached hydrogens (tertiary/aromatic N) is 3. The molecule has 35 heavy (non-hydrogen) atoms. The van der Waals surface area contributed by atoms with Gasteiger partial charge in [0.15, 0.2) is 0 Å². The van der Waals surface area contributed by atoms with Crippen LogP contribution in [0, 0.1) is 0 Å². The molecule has 0 bridgehead atoms. The maximum absolute atomic E-state index is 13.0. The van der Waals surface area contributed by atoms with Crippen LogP contribution < -0.4 is 15.2 Å². The van der Waals surface area contributed by atoms with E-state index in [1.807, 2.05) is 6.92 Å². The number of amides is 2. The zero-order valence-corrected chi connectivity index (χ0v) is 18.6. The number of benzene rings is 2. The molecule has 2 aromatic carbocycles. The van der Waals surface area contributed by atoms with E-state index in [0.717, 1.165) is 4.90 Å². The summed E-state index contributed by atoms with van der Waals surface area (Å²) in [6, 6.07) is 17.2. The Morgan fingerprint density at radius 1 is 0.914 bits per heavy atom. The molecule has 9 heteroatoms. The summed E-state index contributed by atoms with van der Waals surface area (Å²) in [5.41, 5.74) is 1.25. The van der Waals surface area contributed by atoms with Crippen LogP contribution in [0.1, 0.15) is 43.7 Å². The van der Waals surface area contributed by atoms with Crippen LogP contribution in [0.25, 0.3) is 5.65 Å². The maximum atomic E-state index is 13.0. The number of hydrogen-bond acceptors (Lipinski definition) is 7. The van der Waals surface area contributed by atoms with Crippen molar-refractivity contribution in [2.45, 2.75) is 13.5 Å². The lowest BCUT2D eigenvalue weighted by Gasteiger charge is -2.14. The lowest BCUT2D eigenvalue weighted by molar-refractivity contribution is 0.0467. The minimum absolute atomic E-state index is 0.107. The van der Waals surface area contributed by atoms with Gasteiger partial charge in [0.1, 0.15) is 18.0 Å². The molecule has 4 aromatic rings. The van der Waals surface area contributed by atoms with Crippen LogP contribution in [-0.4, -0.2) is 33.8 Å². The number of carbonyl (C=O) groups excluding carboxylic acids is 3. The highest BCUT2D eigenvalue weighted by atomic mass is 16.5. The molecule has 9 nitrogen and oxygen atoms in total. The Balaban J connectivity index is 1.34. The molecule has 3 heterocycles. The summed E-state index contributed by atoms with van der Waals surface area (Å²) in [5.74, 6) is -1.09. The molecule has 0 aliphatic carbocycles. The van der Waals surface area contributed by atoms with Crippen LogP contribution in [0.2, 0.25) is 0 Å². The molecule has 1 aliphatic rings. The Kier molecular flexibility index (Phi) is 5.58. The number of pyridine rings is 1. The largest absolute Gasteiger partial charge is 0.494 e. The minimum atomic E-state index is -0.706. The predicted octanol–water partition coefficient (Wildman–Crippen LogP) is 3.25. The highest BCUT2D eigenvalue weighted by Crippen LogP contribution is 2.30. The summed E-state index contributed by atoms with van der Waals surface area (Å²) in [6.45, 7) is 2.14. The van der Waals surface area contributed by atoms with Crippen LogP contribution in [-0.2, 0) is 11.3 Å². The standard InChI is InChI=1S/C26H19N3O6/c1-2-34-19-9-7-18(8-10-19)29-24(31)20-11-6-16(13-21(20)25(29)32)26(33)35-15-17-14-23(30)28-12-4-3-5-22(28)27-17/h3-14H,2,15H2,1H3. The monoisotopic (exact) mass is 469 g/mol. The van der Waals surface area contributed by atoms with E-state index in [1.165, 1.54) is 28.7 Å². The van der Waals surface area contributed by atoms with E-state index >= 15 is 0 Å². The first-order chi connectivity index (χ1) is 17.0. The van der Waals surface area contributed by atoms with Crippen molar-refractivity contribution in [3.63, 3.8) is 0 Å². The van der Waals surface area contributed by atoms with Gasteiger partial charge < -0.3 is 9.47 Å². The minimum Gasteiger partial charge on any atom is -0.494 e. The van der Waals surface area contributed by atoms with Gasteiger partial charge in [0.2, 0.25) is 0 Å². The predicted molar refractivity (Wildman–Crippen MR) is 126 cm³/mol. The summed E-state index contributed by atoms with van der Waals surface area (Å²) in [6.07, 6.45) is 1.60. The summed E-state index contributed by atoms with van der Waals surface area (Å²) < 4.78 is 12.1. The van der Waals surface area contributed by atoms with Crippen molar-refractivity contribution in [3.8, 4) is 5.75 Å².